The molecule has 0 saturated heterocycles. The van der Waals surface area contributed by atoms with Crippen LogP contribution < -0.4 is 0 Å². The Balaban J connectivity index is 2.94. The third-order valence-corrected chi connectivity index (χ3v) is 2.53. The molecule has 0 unspecified atom stereocenters. The number of aryl methyl sites for hydroxylation is 1. The van der Waals surface area contributed by atoms with Crippen LogP contribution in [-0.2, 0) is 0 Å². The summed E-state index contributed by atoms with van der Waals surface area (Å²) in [6.45, 7) is 1.93. The van der Waals surface area contributed by atoms with Gasteiger partial charge in [0.15, 0.2) is 0 Å². The monoisotopic (exact) mass is 236 g/mol. The van der Waals surface area contributed by atoms with E-state index in [0.29, 0.717) is 0 Å². The van der Waals surface area contributed by atoms with E-state index in [1.165, 1.54) is 0 Å². The molecule has 0 aliphatic rings. The van der Waals surface area contributed by atoms with Crippen molar-refractivity contribution in [3.05, 3.63) is 34.3 Å². The van der Waals surface area contributed by atoms with Crippen LogP contribution in [0.1, 0.15) is 5.56 Å². The Kier molecular flexibility index (Phi) is 1.96. The summed E-state index contributed by atoms with van der Waals surface area (Å²) in [5.41, 5.74) is 1.77. The van der Waals surface area contributed by atoms with Crippen molar-refractivity contribution in [3.8, 4) is 5.88 Å². The minimum absolute atomic E-state index is 0.0584. The van der Waals surface area contributed by atoms with Gasteiger partial charge in [-0.25, -0.2) is 4.98 Å². The Labute approximate surface area is 84.4 Å². The summed E-state index contributed by atoms with van der Waals surface area (Å²) in [6.07, 6.45) is 0. The number of halogens is 1. The number of pyridine rings is 1. The number of hydrogen-bond acceptors (Lipinski definition) is 2. The van der Waals surface area contributed by atoms with Gasteiger partial charge in [-0.1, -0.05) is 6.07 Å². The number of hydrogen-bond donors (Lipinski definition) is 1. The van der Waals surface area contributed by atoms with Crippen molar-refractivity contribution in [2.45, 2.75) is 6.92 Å². The van der Waals surface area contributed by atoms with Gasteiger partial charge in [0.2, 0.25) is 5.88 Å². The van der Waals surface area contributed by atoms with Gasteiger partial charge in [0, 0.05) is 15.9 Å². The molecule has 2 nitrogen and oxygen atoms in total. The lowest BCUT2D eigenvalue weighted by molar-refractivity contribution is 0.455. The normalized spacial score (nSPS) is 10.6. The lowest BCUT2D eigenvalue weighted by Gasteiger charge is -2.03. The standard InChI is InChI=1S/C10H7BrNO/c1-6-5-9(13)12-8-4-2-3-7(11)10(6)8/h2,4-5H,1H3,(H,12,13). The van der Waals surface area contributed by atoms with Gasteiger partial charge in [-0.2, -0.15) is 0 Å². The molecular formula is C10H7BrNO. The van der Waals surface area contributed by atoms with E-state index < -0.39 is 0 Å². The molecule has 2 aromatic rings. The molecule has 1 radical (unpaired) electrons. The van der Waals surface area contributed by atoms with E-state index in [4.69, 9.17) is 0 Å². The minimum atomic E-state index is 0.0584. The van der Waals surface area contributed by atoms with E-state index in [1.807, 2.05) is 13.0 Å². The molecule has 65 valence electrons. The summed E-state index contributed by atoms with van der Waals surface area (Å²) in [5, 5.41) is 10.3. The van der Waals surface area contributed by atoms with E-state index in [9.17, 15) is 5.11 Å². The van der Waals surface area contributed by atoms with Gasteiger partial charge in [-0.15, -0.1) is 0 Å². The average Bonchev–Trinajstić information content (AvgIpc) is 2.02. The van der Waals surface area contributed by atoms with E-state index >= 15 is 0 Å². The second-order valence-corrected chi connectivity index (χ2v) is 3.64. The summed E-state index contributed by atoms with van der Waals surface area (Å²) in [5.74, 6) is 0.0584. The highest BCUT2D eigenvalue weighted by atomic mass is 79.9. The summed E-state index contributed by atoms with van der Waals surface area (Å²) < 4.78 is 0.884. The predicted molar refractivity (Wildman–Crippen MR) is 54.7 cm³/mol. The highest BCUT2D eigenvalue weighted by Crippen LogP contribution is 2.27. The topological polar surface area (TPSA) is 33.1 Å². The van der Waals surface area contributed by atoms with Crippen LogP contribution in [0.4, 0.5) is 0 Å². The molecular weight excluding hydrogens is 230 g/mol. The van der Waals surface area contributed by atoms with Crippen molar-refractivity contribution in [1.29, 1.82) is 0 Å². The van der Waals surface area contributed by atoms with Crippen LogP contribution in [-0.4, -0.2) is 10.1 Å². The zero-order valence-corrected chi connectivity index (χ0v) is 8.59. The SMILES string of the molecule is Cc1cc(O)nc2cc[c]c(Br)c12. The number of aromatic hydroxyl groups is 1. The fourth-order valence-corrected chi connectivity index (χ4v) is 2.00. The molecule has 0 saturated carbocycles. The Morgan fingerprint density at radius 1 is 1.54 bits per heavy atom. The molecule has 0 fully saturated rings. The molecule has 0 bridgehead atoms. The van der Waals surface area contributed by atoms with Crippen molar-refractivity contribution < 1.29 is 5.11 Å². The molecule has 1 aromatic heterocycles. The maximum absolute atomic E-state index is 9.27. The highest BCUT2D eigenvalue weighted by molar-refractivity contribution is 9.10. The Hall–Kier alpha value is -1.09. The third kappa shape index (κ3) is 1.40. The Morgan fingerprint density at radius 3 is 3.08 bits per heavy atom. The first kappa shape index (κ1) is 8.51. The average molecular weight is 237 g/mol. The maximum Gasteiger partial charge on any atom is 0.211 e. The zero-order valence-electron chi connectivity index (χ0n) is 7.00. The molecule has 0 atom stereocenters. The van der Waals surface area contributed by atoms with Crippen molar-refractivity contribution in [1.82, 2.24) is 4.98 Å². The van der Waals surface area contributed by atoms with Crippen LogP contribution in [0.5, 0.6) is 5.88 Å². The Morgan fingerprint density at radius 2 is 2.31 bits per heavy atom. The molecule has 0 aliphatic carbocycles. The van der Waals surface area contributed by atoms with E-state index in [1.54, 1.807) is 12.1 Å². The first-order chi connectivity index (χ1) is 6.18. The van der Waals surface area contributed by atoms with Gasteiger partial charge in [0.05, 0.1) is 5.52 Å². The molecule has 1 aromatic carbocycles. The number of nitrogens with zero attached hydrogens (tertiary/aromatic N) is 1. The van der Waals surface area contributed by atoms with Crippen LogP contribution >= 0.6 is 15.9 Å². The molecule has 2 rings (SSSR count). The smallest absolute Gasteiger partial charge is 0.211 e. The molecule has 0 spiro atoms. The van der Waals surface area contributed by atoms with Gasteiger partial charge in [-0.05, 0) is 40.5 Å². The first-order valence-electron chi connectivity index (χ1n) is 3.85. The summed E-state index contributed by atoms with van der Waals surface area (Å²) in [7, 11) is 0. The minimum Gasteiger partial charge on any atom is -0.493 e. The molecule has 0 aliphatic heterocycles. The van der Waals surface area contributed by atoms with E-state index in [-0.39, 0.29) is 5.88 Å². The number of fused-ring (bicyclic) bond motifs is 1. The van der Waals surface area contributed by atoms with Gasteiger partial charge in [-0.3, -0.25) is 0 Å². The summed E-state index contributed by atoms with van der Waals surface area (Å²) >= 11 is 3.40. The zero-order chi connectivity index (χ0) is 9.42. The van der Waals surface area contributed by atoms with Gasteiger partial charge in [0.25, 0.3) is 0 Å². The number of aromatic nitrogens is 1. The highest BCUT2D eigenvalue weighted by Gasteiger charge is 2.04. The fourth-order valence-electron chi connectivity index (χ4n) is 1.35. The number of benzene rings is 1. The first-order valence-corrected chi connectivity index (χ1v) is 4.64. The quantitative estimate of drug-likeness (QED) is 0.764. The van der Waals surface area contributed by atoms with Gasteiger partial charge >= 0.3 is 0 Å². The van der Waals surface area contributed by atoms with Crippen molar-refractivity contribution in [3.63, 3.8) is 0 Å². The van der Waals surface area contributed by atoms with E-state index in [0.717, 1.165) is 20.9 Å². The van der Waals surface area contributed by atoms with Crippen LogP contribution in [0, 0.1) is 13.0 Å². The second kappa shape index (κ2) is 3.00. The maximum atomic E-state index is 9.27. The predicted octanol–water partition coefficient (Wildman–Crippen LogP) is 2.81. The Bertz CT molecular complexity index is 468. The van der Waals surface area contributed by atoms with Crippen LogP contribution in [0.2, 0.25) is 0 Å². The lowest BCUT2D eigenvalue weighted by Crippen LogP contribution is -1.84. The fraction of sp³-hybridized carbons (Fsp3) is 0.100. The molecule has 1 heterocycles. The summed E-state index contributed by atoms with van der Waals surface area (Å²) in [6, 6.07) is 8.27. The van der Waals surface area contributed by atoms with Gasteiger partial charge in [0.1, 0.15) is 0 Å². The van der Waals surface area contributed by atoms with Crippen molar-refractivity contribution >= 4 is 26.8 Å². The molecule has 3 heteroatoms. The third-order valence-electron chi connectivity index (χ3n) is 1.90. The van der Waals surface area contributed by atoms with Gasteiger partial charge < -0.3 is 5.11 Å². The van der Waals surface area contributed by atoms with Crippen molar-refractivity contribution in [2.24, 2.45) is 0 Å². The number of rotatable bonds is 0. The molecule has 0 amide bonds. The summed E-state index contributed by atoms with van der Waals surface area (Å²) in [4.78, 5) is 4.00. The van der Waals surface area contributed by atoms with Crippen LogP contribution in [0.15, 0.2) is 22.7 Å². The van der Waals surface area contributed by atoms with Crippen LogP contribution in [0.3, 0.4) is 0 Å². The van der Waals surface area contributed by atoms with Crippen molar-refractivity contribution in [2.75, 3.05) is 0 Å². The lowest BCUT2D eigenvalue weighted by atomic mass is 10.1. The molecule has 13 heavy (non-hydrogen) atoms. The molecule has 1 N–H and O–H groups in total. The largest absolute Gasteiger partial charge is 0.493 e. The van der Waals surface area contributed by atoms with Crippen LogP contribution in [0.25, 0.3) is 10.9 Å². The second-order valence-electron chi connectivity index (χ2n) is 2.85. The van der Waals surface area contributed by atoms with E-state index in [2.05, 4.69) is 27.0 Å².